The lowest BCUT2D eigenvalue weighted by Gasteiger charge is -2.33. The van der Waals surface area contributed by atoms with E-state index in [1.165, 1.54) is 23.1 Å². The van der Waals surface area contributed by atoms with E-state index in [1.807, 2.05) is 0 Å². The minimum atomic E-state index is -4.74. The summed E-state index contributed by atoms with van der Waals surface area (Å²) in [7, 11) is 0. The molecule has 1 saturated heterocycles. The third-order valence-electron chi connectivity index (χ3n) is 3.51. The van der Waals surface area contributed by atoms with E-state index in [-0.39, 0.29) is 24.2 Å². The number of carbonyl (C=O) groups excluding carboxylic acids is 1. The van der Waals surface area contributed by atoms with E-state index in [2.05, 4.69) is 17.0 Å². The van der Waals surface area contributed by atoms with Crippen LogP contribution in [0.1, 0.15) is 26.2 Å². The molecular weight excluding hydrogens is 297 g/mol. The average molecular weight is 316 g/mol. The van der Waals surface area contributed by atoms with Gasteiger partial charge in [-0.3, -0.25) is 4.79 Å². The number of carbonyl (C=O) groups is 1. The summed E-state index contributed by atoms with van der Waals surface area (Å²) in [5.41, 5.74) is 0.426. The minimum Gasteiger partial charge on any atom is -0.406 e. The van der Waals surface area contributed by atoms with Crippen LogP contribution in [0.4, 0.5) is 18.9 Å². The number of rotatable bonds is 5. The lowest BCUT2D eigenvalue weighted by Crippen LogP contribution is -2.54. The molecule has 1 amide bonds. The second kappa shape index (κ2) is 7.00. The number of ether oxygens (including phenoxy) is 1. The van der Waals surface area contributed by atoms with Gasteiger partial charge in [-0.2, -0.15) is 0 Å². The van der Waals surface area contributed by atoms with Crippen LogP contribution in [0.25, 0.3) is 0 Å². The quantitative estimate of drug-likeness (QED) is 0.908. The molecule has 1 N–H and O–H groups in total. The van der Waals surface area contributed by atoms with Gasteiger partial charge in [-0.1, -0.05) is 25.8 Å². The maximum Gasteiger partial charge on any atom is 0.573 e. The number of unbranched alkanes of at least 4 members (excludes halogenated alkanes) is 1. The van der Waals surface area contributed by atoms with Crippen molar-refractivity contribution in [1.29, 1.82) is 0 Å². The molecule has 0 aromatic heterocycles. The number of anilines is 1. The summed E-state index contributed by atoms with van der Waals surface area (Å²) in [4.78, 5) is 13.5. The van der Waals surface area contributed by atoms with E-state index < -0.39 is 6.36 Å². The van der Waals surface area contributed by atoms with E-state index in [0.717, 1.165) is 19.3 Å². The summed E-state index contributed by atoms with van der Waals surface area (Å²) < 4.78 is 40.7. The summed E-state index contributed by atoms with van der Waals surface area (Å²) in [5, 5.41) is 3.15. The molecule has 1 aliphatic rings. The van der Waals surface area contributed by atoms with Crippen LogP contribution in [0.5, 0.6) is 5.75 Å². The SMILES string of the molecule is CCCC[C@H]1CN(c2cccc(OC(F)(F)F)c2)C(=O)CN1. The first-order valence-electron chi connectivity index (χ1n) is 7.28. The largest absolute Gasteiger partial charge is 0.573 e. The van der Waals surface area contributed by atoms with E-state index in [9.17, 15) is 18.0 Å². The topological polar surface area (TPSA) is 41.6 Å². The number of nitrogens with zero attached hydrogens (tertiary/aromatic N) is 1. The normalized spacial score (nSPS) is 19.4. The van der Waals surface area contributed by atoms with E-state index in [0.29, 0.717) is 12.2 Å². The fraction of sp³-hybridized carbons (Fsp3) is 0.533. The molecule has 4 nitrogen and oxygen atoms in total. The Kier molecular flexibility index (Phi) is 5.28. The molecular formula is C15H19F3N2O2. The van der Waals surface area contributed by atoms with Crippen molar-refractivity contribution in [3.63, 3.8) is 0 Å². The van der Waals surface area contributed by atoms with Crippen molar-refractivity contribution in [3.8, 4) is 5.75 Å². The maximum absolute atomic E-state index is 12.3. The van der Waals surface area contributed by atoms with Gasteiger partial charge in [-0.15, -0.1) is 13.2 Å². The number of hydrogen-bond donors (Lipinski definition) is 1. The van der Waals surface area contributed by atoms with Crippen LogP contribution in [0.15, 0.2) is 24.3 Å². The number of piperazine rings is 1. The Morgan fingerprint density at radius 2 is 2.18 bits per heavy atom. The zero-order valence-corrected chi connectivity index (χ0v) is 12.3. The van der Waals surface area contributed by atoms with Gasteiger partial charge in [0.1, 0.15) is 5.75 Å². The monoisotopic (exact) mass is 316 g/mol. The van der Waals surface area contributed by atoms with Crippen LogP contribution in [0.3, 0.4) is 0 Å². The van der Waals surface area contributed by atoms with Gasteiger partial charge in [0.25, 0.3) is 0 Å². The van der Waals surface area contributed by atoms with Crippen molar-refractivity contribution >= 4 is 11.6 Å². The molecule has 122 valence electrons. The van der Waals surface area contributed by atoms with Gasteiger partial charge < -0.3 is 15.0 Å². The zero-order valence-electron chi connectivity index (χ0n) is 12.3. The number of halogens is 3. The summed E-state index contributed by atoms with van der Waals surface area (Å²) in [5.74, 6) is -0.474. The summed E-state index contributed by atoms with van der Waals surface area (Å²) >= 11 is 0. The summed E-state index contributed by atoms with van der Waals surface area (Å²) in [6, 6.07) is 5.69. The van der Waals surface area contributed by atoms with Crippen molar-refractivity contribution in [1.82, 2.24) is 5.32 Å². The number of alkyl halides is 3. The molecule has 0 bridgehead atoms. The molecule has 1 aromatic carbocycles. The smallest absolute Gasteiger partial charge is 0.406 e. The first kappa shape index (κ1) is 16.6. The molecule has 0 spiro atoms. The number of nitrogens with one attached hydrogen (secondary N) is 1. The average Bonchev–Trinajstić information content (AvgIpc) is 2.45. The molecule has 0 aliphatic carbocycles. The van der Waals surface area contributed by atoms with E-state index in [4.69, 9.17) is 0 Å². The van der Waals surface area contributed by atoms with Crippen molar-refractivity contribution in [3.05, 3.63) is 24.3 Å². The molecule has 7 heteroatoms. The number of hydrogen-bond acceptors (Lipinski definition) is 3. The van der Waals surface area contributed by atoms with Crippen LogP contribution in [0.2, 0.25) is 0 Å². The highest BCUT2D eigenvalue weighted by molar-refractivity contribution is 5.95. The number of benzene rings is 1. The van der Waals surface area contributed by atoms with Crippen LogP contribution >= 0.6 is 0 Å². The molecule has 1 aromatic rings. The van der Waals surface area contributed by atoms with Crippen LogP contribution in [-0.4, -0.2) is 31.4 Å². The summed E-state index contributed by atoms with van der Waals surface area (Å²) in [6.07, 6.45) is -1.72. The molecule has 1 atom stereocenters. The van der Waals surface area contributed by atoms with Gasteiger partial charge in [-0.05, 0) is 18.6 Å². The van der Waals surface area contributed by atoms with Crippen molar-refractivity contribution < 1.29 is 22.7 Å². The fourth-order valence-electron chi connectivity index (χ4n) is 2.46. The fourth-order valence-corrected chi connectivity index (χ4v) is 2.46. The van der Waals surface area contributed by atoms with E-state index in [1.54, 1.807) is 6.07 Å². The molecule has 0 saturated carbocycles. The predicted octanol–water partition coefficient (Wildman–Crippen LogP) is 3.08. The standard InChI is InChI=1S/C15H19F3N2O2/c1-2-3-5-11-10-20(14(21)9-19-11)12-6-4-7-13(8-12)22-15(16,17)18/h4,6-8,11,19H,2-3,5,9-10H2,1H3/t11-/m0/s1. The molecule has 1 fully saturated rings. The van der Waals surface area contributed by atoms with Gasteiger partial charge >= 0.3 is 6.36 Å². The third kappa shape index (κ3) is 4.62. The molecule has 22 heavy (non-hydrogen) atoms. The second-order valence-electron chi connectivity index (χ2n) is 5.27. The maximum atomic E-state index is 12.3. The van der Waals surface area contributed by atoms with Crippen LogP contribution in [0, 0.1) is 0 Å². The number of amides is 1. The molecule has 0 radical (unpaired) electrons. The second-order valence-corrected chi connectivity index (χ2v) is 5.27. The Morgan fingerprint density at radius 1 is 1.41 bits per heavy atom. The molecule has 1 aliphatic heterocycles. The van der Waals surface area contributed by atoms with Gasteiger partial charge in [0.2, 0.25) is 5.91 Å². The highest BCUT2D eigenvalue weighted by Crippen LogP contribution is 2.27. The van der Waals surface area contributed by atoms with Gasteiger partial charge in [0.05, 0.1) is 6.54 Å². The van der Waals surface area contributed by atoms with Crippen molar-refractivity contribution in [2.75, 3.05) is 18.0 Å². The van der Waals surface area contributed by atoms with E-state index >= 15 is 0 Å². The Bertz CT molecular complexity index is 520. The first-order chi connectivity index (χ1) is 10.4. The summed E-state index contributed by atoms with van der Waals surface area (Å²) in [6.45, 7) is 2.73. The van der Waals surface area contributed by atoms with Crippen molar-refractivity contribution in [2.24, 2.45) is 0 Å². The molecule has 0 unspecified atom stereocenters. The lowest BCUT2D eigenvalue weighted by molar-refractivity contribution is -0.274. The third-order valence-corrected chi connectivity index (χ3v) is 3.51. The van der Waals surface area contributed by atoms with Crippen LogP contribution in [-0.2, 0) is 4.79 Å². The molecule has 1 heterocycles. The minimum absolute atomic E-state index is 0.156. The highest BCUT2D eigenvalue weighted by Gasteiger charge is 2.32. The van der Waals surface area contributed by atoms with Gasteiger partial charge in [0.15, 0.2) is 0 Å². The zero-order chi connectivity index (χ0) is 16.2. The Balaban J connectivity index is 2.11. The Morgan fingerprint density at radius 3 is 2.86 bits per heavy atom. The lowest BCUT2D eigenvalue weighted by atomic mass is 10.1. The predicted molar refractivity (Wildman–Crippen MR) is 76.8 cm³/mol. The molecule has 2 rings (SSSR count). The van der Waals surface area contributed by atoms with Gasteiger partial charge in [-0.25, -0.2) is 0 Å². The highest BCUT2D eigenvalue weighted by atomic mass is 19.4. The van der Waals surface area contributed by atoms with Gasteiger partial charge in [0, 0.05) is 24.3 Å². The van der Waals surface area contributed by atoms with Crippen LogP contribution < -0.4 is 15.0 Å². The first-order valence-corrected chi connectivity index (χ1v) is 7.28. The van der Waals surface area contributed by atoms with Crippen molar-refractivity contribution in [2.45, 2.75) is 38.6 Å². The Labute approximate surface area is 127 Å². The Hall–Kier alpha value is -1.76.